The molecule has 3 aromatic rings. The fourth-order valence-electron chi connectivity index (χ4n) is 2.52. The molecule has 0 saturated carbocycles. The van der Waals surface area contributed by atoms with Gasteiger partial charge in [0.05, 0.1) is 22.6 Å². The van der Waals surface area contributed by atoms with Crippen LogP contribution in [-0.2, 0) is 13.6 Å². The predicted molar refractivity (Wildman–Crippen MR) is 81.8 cm³/mol. The van der Waals surface area contributed by atoms with Gasteiger partial charge in [0.25, 0.3) is 0 Å². The number of para-hydroxylation sites is 1. The van der Waals surface area contributed by atoms with Gasteiger partial charge < -0.3 is 5.32 Å². The number of hydrogen-bond donors (Lipinski definition) is 1. The highest BCUT2D eigenvalue weighted by Crippen LogP contribution is 2.21. The number of anilines is 1. The van der Waals surface area contributed by atoms with Crippen molar-refractivity contribution in [2.75, 3.05) is 5.32 Å². The zero-order chi connectivity index (χ0) is 14.1. The lowest BCUT2D eigenvalue weighted by molar-refractivity contribution is 0.731. The van der Waals surface area contributed by atoms with Crippen LogP contribution in [0.15, 0.2) is 36.5 Å². The second-order valence-electron chi connectivity index (χ2n) is 5.01. The zero-order valence-corrected chi connectivity index (χ0v) is 12.0. The molecule has 102 valence electrons. The van der Waals surface area contributed by atoms with E-state index in [2.05, 4.69) is 34.5 Å². The Labute approximate surface area is 118 Å². The van der Waals surface area contributed by atoms with E-state index in [4.69, 9.17) is 0 Å². The third-order valence-electron chi connectivity index (χ3n) is 3.70. The van der Waals surface area contributed by atoms with Gasteiger partial charge in [-0.25, -0.2) is 0 Å². The highest BCUT2D eigenvalue weighted by molar-refractivity contribution is 5.82. The van der Waals surface area contributed by atoms with E-state index in [-0.39, 0.29) is 0 Å². The van der Waals surface area contributed by atoms with Crippen LogP contribution in [0.5, 0.6) is 0 Å². The number of nitrogens with zero attached hydrogens (tertiary/aromatic N) is 3. The summed E-state index contributed by atoms with van der Waals surface area (Å²) in [7, 11) is 1.97. The molecule has 20 heavy (non-hydrogen) atoms. The zero-order valence-electron chi connectivity index (χ0n) is 12.0. The molecular formula is C16H18N4. The SMILES string of the molecule is Cc1nn(C)c(C)c1NCc1ccnc2ccccc12. The van der Waals surface area contributed by atoms with Crippen LogP contribution in [0.2, 0.25) is 0 Å². The lowest BCUT2D eigenvalue weighted by Gasteiger charge is -2.09. The van der Waals surface area contributed by atoms with E-state index >= 15 is 0 Å². The highest BCUT2D eigenvalue weighted by Gasteiger charge is 2.09. The molecule has 0 fully saturated rings. The predicted octanol–water partition coefficient (Wildman–Crippen LogP) is 3.20. The van der Waals surface area contributed by atoms with E-state index in [1.54, 1.807) is 0 Å². The van der Waals surface area contributed by atoms with Gasteiger partial charge >= 0.3 is 0 Å². The summed E-state index contributed by atoms with van der Waals surface area (Å²) in [6, 6.07) is 10.3. The summed E-state index contributed by atoms with van der Waals surface area (Å²) in [6.45, 7) is 4.88. The van der Waals surface area contributed by atoms with Gasteiger partial charge in [0.2, 0.25) is 0 Å². The Hall–Kier alpha value is -2.36. The van der Waals surface area contributed by atoms with E-state index in [1.165, 1.54) is 10.9 Å². The summed E-state index contributed by atoms with van der Waals surface area (Å²) < 4.78 is 1.91. The maximum Gasteiger partial charge on any atom is 0.0827 e. The molecule has 0 spiro atoms. The summed E-state index contributed by atoms with van der Waals surface area (Å²) in [4.78, 5) is 4.39. The van der Waals surface area contributed by atoms with Crippen LogP contribution in [0, 0.1) is 13.8 Å². The first-order chi connectivity index (χ1) is 9.66. The lowest BCUT2D eigenvalue weighted by Crippen LogP contribution is -2.02. The van der Waals surface area contributed by atoms with Gasteiger partial charge in [-0.2, -0.15) is 5.10 Å². The van der Waals surface area contributed by atoms with Crippen molar-refractivity contribution < 1.29 is 0 Å². The van der Waals surface area contributed by atoms with Crippen LogP contribution in [0.3, 0.4) is 0 Å². The molecule has 0 aliphatic heterocycles. The van der Waals surface area contributed by atoms with Crippen LogP contribution in [-0.4, -0.2) is 14.8 Å². The minimum Gasteiger partial charge on any atom is -0.378 e. The summed E-state index contributed by atoms with van der Waals surface area (Å²) >= 11 is 0. The first kappa shape index (κ1) is 12.7. The maximum absolute atomic E-state index is 4.43. The Morgan fingerprint density at radius 3 is 2.70 bits per heavy atom. The van der Waals surface area contributed by atoms with Crippen molar-refractivity contribution in [3.8, 4) is 0 Å². The molecule has 2 aromatic heterocycles. The average Bonchev–Trinajstić information content (AvgIpc) is 2.70. The third-order valence-corrected chi connectivity index (χ3v) is 3.70. The summed E-state index contributed by atoms with van der Waals surface area (Å²) in [6.07, 6.45) is 1.86. The summed E-state index contributed by atoms with van der Waals surface area (Å²) in [5, 5.41) is 9.12. The molecule has 1 N–H and O–H groups in total. The molecular weight excluding hydrogens is 248 g/mol. The first-order valence-electron chi connectivity index (χ1n) is 6.73. The minimum atomic E-state index is 0.774. The number of nitrogens with one attached hydrogen (secondary N) is 1. The van der Waals surface area contributed by atoms with Crippen LogP contribution < -0.4 is 5.32 Å². The Morgan fingerprint density at radius 2 is 1.95 bits per heavy atom. The normalized spacial score (nSPS) is 10.9. The van der Waals surface area contributed by atoms with E-state index < -0.39 is 0 Å². The standard InChI is InChI=1S/C16H18N4/c1-11-16(12(2)20(3)19-11)18-10-13-8-9-17-15-7-5-4-6-14(13)15/h4-9,18H,10H2,1-3H3. The van der Waals surface area contributed by atoms with E-state index in [0.717, 1.165) is 29.1 Å². The Bertz CT molecular complexity index is 753. The van der Waals surface area contributed by atoms with Gasteiger partial charge in [-0.05, 0) is 31.5 Å². The van der Waals surface area contributed by atoms with E-state index in [9.17, 15) is 0 Å². The van der Waals surface area contributed by atoms with Gasteiger partial charge in [-0.15, -0.1) is 0 Å². The number of rotatable bonds is 3. The van der Waals surface area contributed by atoms with E-state index in [0.29, 0.717) is 0 Å². The van der Waals surface area contributed by atoms with Crippen LogP contribution in [0.4, 0.5) is 5.69 Å². The highest BCUT2D eigenvalue weighted by atomic mass is 15.3. The Morgan fingerprint density at radius 1 is 1.15 bits per heavy atom. The summed E-state index contributed by atoms with van der Waals surface area (Å²) in [5.74, 6) is 0. The van der Waals surface area contributed by atoms with Crippen molar-refractivity contribution in [1.82, 2.24) is 14.8 Å². The van der Waals surface area contributed by atoms with Crippen LogP contribution in [0.1, 0.15) is 17.0 Å². The molecule has 3 rings (SSSR count). The van der Waals surface area contributed by atoms with Crippen molar-refractivity contribution in [2.24, 2.45) is 7.05 Å². The molecule has 0 atom stereocenters. The molecule has 0 bridgehead atoms. The smallest absolute Gasteiger partial charge is 0.0827 e. The van der Waals surface area contributed by atoms with Crippen molar-refractivity contribution in [2.45, 2.75) is 20.4 Å². The Kier molecular flexibility index (Phi) is 3.14. The van der Waals surface area contributed by atoms with Crippen molar-refractivity contribution in [3.63, 3.8) is 0 Å². The molecule has 4 heteroatoms. The van der Waals surface area contributed by atoms with Gasteiger partial charge in [-0.3, -0.25) is 9.67 Å². The monoisotopic (exact) mass is 266 g/mol. The molecule has 0 saturated heterocycles. The number of aryl methyl sites for hydroxylation is 2. The van der Waals surface area contributed by atoms with Crippen LogP contribution in [0.25, 0.3) is 10.9 Å². The second-order valence-corrected chi connectivity index (χ2v) is 5.01. The largest absolute Gasteiger partial charge is 0.378 e. The van der Waals surface area contributed by atoms with Gasteiger partial charge in [0.15, 0.2) is 0 Å². The van der Waals surface area contributed by atoms with E-state index in [1.807, 2.05) is 43.0 Å². The molecule has 0 unspecified atom stereocenters. The molecule has 1 aromatic carbocycles. The molecule has 0 amide bonds. The lowest BCUT2D eigenvalue weighted by atomic mass is 10.1. The molecule has 4 nitrogen and oxygen atoms in total. The summed E-state index contributed by atoms with van der Waals surface area (Å²) in [5.41, 5.74) is 5.59. The number of benzene rings is 1. The minimum absolute atomic E-state index is 0.774. The molecule has 2 heterocycles. The third kappa shape index (κ3) is 2.13. The van der Waals surface area contributed by atoms with Crippen molar-refractivity contribution in [1.29, 1.82) is 0 Å². The van der Waals surface area contributed by atoms with Crippen molar-refractivity contribution >= 4 is 16.6 Å². The van der Waals surface area contributed by atoms with Gasteiger partial charge in [0, 0.05) is 25.2 Å². The molecule has 0 radical (unpaired) electrons. The maximum atomic E-state index is 4.43. The molecule has 0 aliphatic carbocycles. The number of fused-ring (bicyclic) bond motifs is 1. The fraction of sp³-hybridized carbons (Fsp3) is 0.250. The van der Waals surface area contributed by atoms with Gasteiger partial charge in [0.1, 0.15) is 0 Å². The number of aromatic nitrogens is 3. The first-order valence-corrected chi connectivity index (χ1v) is 6.73. The quantitative estimate of drug-likeness (QED) is 0.791. The second kappa shape index (κ2) is 4.96. The average molecular weight is 266 g/mol. The fourth-order valence-corrected chi connectivity index (χ4v) is 2.52. The van der Waals surface area contributed by atoms with Gasteiger partial charge in [-0.1, -0.05) is 18.2 Å². The Balaban J connectivity index is 1.91. The number of pyridine rings is 1. The van der Waals surface area contributed by atoms with Crippen LogP contribution >= 0.6 is 0 Å². The molecule has 0 aliphatic rings. The topological polar surface area (TPSA) is 42.7 Å². The van der Waals surface area contributed by atoms with Crippen molar-refractivity contribution in [3.05, 3.63) is 53.5 Å². The number of hydrogen-bond acceptors (Lipinski definition) is 3.